The average molecular weight is 651 g/mol. The molecule has 0 aromatic heterocycles. The smallest absolute Gasteiger partial charge is 0.264 e. The van der Waals surface area contributed by atoms with Gasteiger partial charge in [-0.3, -0.25) is 13.9 Å². The third kappa shape index (κ3) is 7.99. The first-order valence-electron chi connectivity index (χ1n) is 14.0. The monoisotopic (exact) mass is 649 g/mol. The Labute approximate surface area is 261 Å². The highest BCUT2D eigenvalue weighted by Gasteiger charge is 2.34. The summed E-state index contributed by atoms with van der Waals surface area (Å²) in [7, 11) is -2.85. The Bertz CT molecular complexity index is 1530. The van der Waals surface area contributed by atoms with Crippen molar-refractivity contribution in [3.63, 3.8) is 0 Å². The molecule has 4 rings (SSSR count). The molecule has 2 amide bonds. The molecule has 0 radical (unpaired) electrons. The molecule has 8 nitrogen and oxygen atoms in total. The molecule has 3 aromatic rings. The summed E-state index contributed by atoms with van der Waals surface area (Å²) in [5, 5.41) is 3.68. The number of nitrogens with zero attached hydrogens (tertiary/aromatic N) is 2. The summed E-state index contributed by atoms with van der Waals surface area (Å²) >= 11 is 12.4. The first kappa shape index (κ1) is 32.6. The molecule has 1 aliphatic carbocycles. The van der Waals surface area contributed by atoms with E-state index in [9.17, 15) is 22.4 Å². The van der Waals surface area contributed by atoms with Crippen LogP contribution in [0.3, 0.4) is 0 Å². The Morgan fingerprint density at radius 3 is 2.23 bits per heavy atom. The van der Waals surface area contributed by atoms with Gasteiger partial charge in [-0.25, -0.2) is 12.8 Å². The van der Waals surface area contributed by atoms with Crippen molar-refractivity contribution in [3.8, 4) is 5.75 Å². The fourth-order valence-electron chi connectivity index (χ4n) is 5.13. The van der Waals surface area contributed by atoms with Crippen LogP contribution in [-0.4, -0.2) is 50.9 Å². The zero-order valence-corrected chi connectivity index (χ0v) is 26.3. The number of ether oxygens (including phenoxy) is 1. The fourth-order valence-corrected chi connectivity index (χ4v) is 6.87. The molecule has 230 valence electrons. The predicted octanol–water partition coefficient (Wildman–Crippen LogP) is 6.20. The van der Waals surface area contributed by atoms with E-state index in [1.54, 1.807) is 25.1 Å². The minimum absolute atomic E-state index is 0.0217. The number of rotatable bonds is 12. The lowest BCUT2D eigenvalue weighted by Gasteiger charge is -2.34. The van der Waals surface area contributed by atoms with Crippen LogP contribution in [0, 0.1) is 5.82 Å². The summed E-state index contributed by atoms with van der Waals surface area (Å²) in [6, 6.07) is 14.6. The summed E-state index contributed by atoms with van der Waals surface area (Å²) in [6.45, 7) is 1.13. The Morgan fingerprint density at radius 1 is 1.00 bits per heavy atom. The van der Waals surface area contributed by atoms with E-state index in [1.807, 2.05) is 0 Å². The molecule has 1 saturated carbocycles. The van der Waals surface area contributed by atoms with E-state index in [1.165, 1.54) is 48.4 Å². The summed E-state index contributed by atoms with van der Waals surface area (Å²) in [6.07, 6.45) is 4.04. The van der Waals surface area contributed by atoms with Crippen molar-refractivity contribution in [2.24, 2.45) is 0 Å². The molecule has 43 heavy (non-hydrogen) atoms. The Balaban J connectivity index is 1.72. The molecule has 0 bridgehead atoms. The minimum Gasteiger partial charge on any atom is -0.497 e. The van der Waals surface area contributed by atoms with Crippen molar-refractivity contribution in [3.05, 3.63) is 88.2 Å². The Hall–Kier alpha value is -3.34. The summed E-state index contributed by atoms with van der Waals surface area (Å²) in [4.78, 5) is 29.0. The molecule has 1 unspecified atom stereocenters. The van der Waals surface area contributed by atoms with Crippen LogP contribution in [0.15, 0.2) is 71.6 Å². The van der Waals surface area contributed by atoms with E-state index in [0.717, 1.165) is 42.1 Å². The molecule has 1 atom stereocenters. The lowest BCUT2D eigenvalue weighted by molar-refractivity contribution is -0.140. The number of nitrogens with one attached hydrogen (secondary N) is 1. The third-order valence-electron chi connectivity index (χ3n) is 7.47. The summed E-state index contributed by atoms with van der Waals surface area (Å²) in [5.41, 5.74) is 0.699. The number of hydrogen-bond acceptors (Lipinski definition) is 5. The van der Waals surface area contributed by atoms with Crippen LogP contribution in [0.1, 0.15) is 44.6 Å². The number of carbonyl (C=O) groups is 2. The second-order valence-corrected chi connectivity index (χ2v) is 13.0. The number of carbonyl (C=O) groups excluding carboxylic acids is 2. The van der Waals surface area contributed by atoms with Gasteiger partial charge in [-0.1, -0.05) is 49.0 Å². The Kier molecular flexibility index (Phi) is 10.9. The van der Waals surface area contributed by atoms with Gasteiger partial charge in [0.2, 0.25) is 11.8 Å². The highest BCUT2D eigenvalue weighted by molar-refractivity contribution is 7.92. The van der Waals surface area contributed by atoms with Crippen molar-refractivity contribution < 1.29 is 27.1 Å². The predicted molar refractivity (Wildman–Crippen MR) is 165 cm³/mol. The number of halogens is 3. The van der Waals surface area contributed by atoms with E-state index in [4.69, 9.17) is 27.9 Å². The van der Waals surface area contributed by atoms with Crippen LogP contribution >= 0.6 is 23.2 Å². The molecule has 0 heterocycles. The van der Waals surface area contributed by atoms with Crippen LogP contribution in [0.2, 0.25) is 10.0 Å². The van der Waals surface area contributed by atoms with Crippen molar-refractivity contribution in [2.75, 3.05) is 18.0 Å². The van der Waals surface area contributed by atoms with Gasteiger partial charge in [0.1, 0.15) is 24.2 Å². The van der Waals surface area contributed by atoms with Crippen molar-refractivity contribution in [1.82, 2.24) is 10.2 Å². The van der Waals surface area contributed by atoms with Crippen LogP contribution in [0.4, 0.5) is 10.1 Å². The van der Waals surface area contributed by atoms with Gasteiger partial charge in [0, 0.05) is 12.6 Å². The maximum Gasteiger partial charge on any atom is 0.264 e. The Morgan fingerprint density at radius 2 is 1.65 bits per heavy atom. The van der Waals surface area contributed by atoms with E-state index in [2.05, 4.69) is 5.32 Å². The van der Waals surface area contributed by atoms with Crippen molar-refractivity contribution >= 4 is 50.7 Å². The van der Waals surface area contributed by atoms with Gasteiger partial charge in [-0.15, -0.1) is 0 Å². The minimum atomic E-state index is -4.31. The molecule has 1 aliphatic rings. The maximum absolute atomic E-state index is 14.2. The topological polar surface area (TPSA) is 96.0 Å². The number of anilines is 1. The SMILES string of the molecule is CCC(C(=O)NC1CCCC1)N(Cc1ccc(Cl)c(Cl)c1)C(=O)CN(c1ccc(F)cc1)S(=O)(=O)c1ccc(OC)cc1. The molecule has 0 aliphatic heterocycles. The maximum atomic E-state index is 14.2. The standard InChI is InChI=1S/C31H34Cl2FN3O5S/c1-3-29(31(39)35-23-6-4-5-7-23)36(19-21-8-17-27(32)28(33)18-21)30(38)20-37(24-11-9-22(34)10-12-24)43(40,41)26-15-13-25(42-2)14-16-26/h8-18,23,29H,3-7,19-20H2,1-2H3,(H,35,39). The molecule has 1 N–H and O–H groups in total. The number of amides is 2. The van der Waals surface area contributed by atoms with Gasteiger partial charge in [0.05, 0.1) is 27.7 Å². The number of benzene rings is 3. The van der Waals surface area contributed by atoms with E-state index < -0.39 is 34.3 Å². The summed E-state index contributed by atoms with van der Waals surface area (Å²) in [5.74, 6) is -1.04. The van der Waals surface area contributed by atoms with Crippen molar-refractivity contribution in [2.45, 2.75) is 62.6 Å². The van der Waals surface area contributed by atoms with Gasteiger partial charge < -0.3 is 15.0 Å². The zero-order valence-electron chi connectivity index (χ0n) is 23.9. The van der Waals surface area contributed by atoms with Gasteiger partial charge in [0.25, 0.3) is 10.0 Å². The van der Waals surface area contributed by atoms with Gasteiger partial charge >= 0.3 is 0 Å². The lowest BCUT2D eigenvalue weighted by atomic mass is 10.1. The van der Waals surface area contributed by atoms with E-state index >= 15 is 0 Å². The van der Waals surface area contributed by atoms with Crippen LogP contribution in [-0.2, 0) is 26.2 Å². The van der Waals surface area contributed by atoms with Gasteiger partial charge in [-0.2, -0.15) is 0 Å². The fraction of sp³-hybridized carbons (Fsp3) is 0.355. The third-order valence-corrected chi connectivity index (χ3v) is 9.99. The molecule has 0 spiro atoms. The first-order chi connectivity index (χ1) is 20.5. The zero-order chi connectivity index (χ0) is 31.1. The molecular weight excluding hydrogens is 616 g/mol. The quantitative estimate of drug-likeness (QED) is 0.252. The van der Waals surface area contributed by atoms with E-state index in [0.29, 0.717) is 16.3 Å². The van der Waals surface area contributed by atoms with Crippen LogP contribution in [0.25, 0.3) is 0 Å². The molecule has 1 fully saturated rings. The number of sulfonamides is 1. The average Bonchev–Trinajstić information content (AvgIpc) is 3.51. The van der Waals surface area contributed by atoms with Crippen LogP contribution in [0.5, 0.6) is 5.75 Å². The number of hydrogen-bond donors (Lipinski definition) is 1. The second kappa shape index (κ2) is 14.4. The van der Waals surface area contributed by atoms with Crippen molar-refractivity contribution in [1.29, 1.82) is 0 Å². The normalized spacial score (nSPS) is 14.3. The number of methoxy groups -OCH3 is 1. The molecule has 0 saturated heterocycles. The van der Waals surface area contributed by atoms with Gasteiger partial charge in [-0.05, 0) is 85.5 Å². The second-order valence-electron chi connectivity index (χ2n) is 10.3. The highest BCUT2D eigenvalue weighted by atomic mass is 35.5. The van der Waals surface area contributed by atoms with E-state index in [-0.39, 0.29) is 40.5 Å². The largest absolute Gasteiger partial charge is 0.497 e. The lowest BCUT2D eigenvalue weighted by Crippen LogP contribution is -2.53. The molecule has 12 heteroatoms. The van der Waals surface area contributed by atoms with Gasteiger partial charge in [0.15, 0.2) is 0 Å². The summed E-state index contributed by atoms with van der Waals surface area (Å²) < 4.78 is 47.8. The first-order valence-corrected chi connectivity index (χ1v) is 16.2. The van der Waals surface area contributed by atoms with Crippen LogP contribution < -0.4 is 14.4 Å². The molecule has 3 aromatic carbocycles. The highest BCUT2D eigenvalue weighted by Crippen LogP contribution is 2.28. The molecular formula is C31H34Cl2FN3O5S.